The van der Waals surface area contributed by atoms with Crippen LogP contribution in [0.15, 0.2) is 60.8 Å². The number of unbranched alkanes of at least 4 members (excludes halogenated alkanes) is 29. The molecule has 376 valence electrons. The molecule has 6 nitrogen and oxygen atoms in total. The summed E-state index contributed by atoms with van der Waals surface area (Å²) in [7, 11) is 0. The molecule has 0 aliphatic heterocycles. The maximum absolute atomic E-state index is 12.8. The maximum atomic E-state index is 12.8. The molecule has 0 saturated carbocycles. The number of allylic oxidation sites excluding steroid dienone is 10. The molecule has 0 aromatic heterocycles. The van der Waals surface area contributed by atoms with E-state index in [1.165, 1.54) is 122 Å². The minimum Gasteiger partial charge on any atom is -0.462 e. The van der Waals surface area contributed by atoms with Gasteiger partial charge in [-0.25, -0.2) is 0 Å². The quantitative estimate of drug-likeness (QED) is 0.0262. The van der Waals surface area contributed by atoms with Crippen molar-refractivity contribution < 1.29 is 28.6 Å². The first-order chi connectivity index (χ1) is 32.0. The Hall–Kier alpha value is -2.89. The highest BCUT2D eigenvalue weighted by Gasteiger charge is 2.19. The van der Waals surface area contributed by atoms with Gasteiger partial charge >= 0.3 is 17.9 Å². The van der Waals surface area contributed by atoms with E-state index in [1.807, 2.05) is 0 Å². The molecule has 0 bridgehead atoms. The van der Waals surface area contributed by atoms with Crippen LogP contribution in [0, 0.1) is 0 Å². The van der Waals surface area contributed by atoms with Gasteiger partial charge < -0.3 is 14.2 Å². The summed E-state index contributed by atoms with van der Waals surface area (Å²) in [6.45, 7) is 6.49. The molecule has 0 rings (SSSR count). The topological polar surface area (TPSA) is 78.9 Å². The lowest BCUT2D eigenvalue weighted by molar-refractivity contribution is -0.167. The van der Waals surface area contributed by atoms with Crippen molar-refractivity contribution in [2.75, 3.05) is 13.2 Å². The van der Waals surface area contributed by atoms with Crippen LogP contribution in [0.4, 0.5) is 0 Å². The van der Waals surface area contributed by atoms with Crippen molar-refractivity contribution in [1.82, 2.24) is 0 Å². The highest BCUT2D eigenvalue weighted by Crippen LogP contribution is 2.16. The van der Waals surface area contributed by atoms with Crippen molar-refractivity contribution in [3.63, 3.8) is 0 Å². The van der Waals surface area contributed by atoms with Crippen LogP contribution in [0.25, 0.3) is 0 Å². The Balaban J connectivity index is 4.38. The zero-order chi connectivity index (χ0) is 47.2. The first kappa shape index (κ1) is 62.1. The number of hydrogen-bond donors (Lipinski definition) is 0. The molecule has 0 aromatic carbocycles. The summed E-state index contributed by atoms with van der Waals surface area (Å²) in [5, 5.41) is 0. The smallest absolute Gasteiger partial charge is 0.306 e. The predicted octanol–water partition coefficient (Wildman–Crippen LogP) is 18.4. The third-order valence-corrected chi connectivity index (χ3v) is 12.0. The summed E-state index contributed by atoms with van der Waals surface area (Å²) in [4.78, 5) is 38.1. The van der Waals surface area contributed by atoms with E-state index in [1.54, 1.807) is 0 Å². The van der Waals surface area contributed by atoms with Crippen LogP contribution in [0.3, 0.4) is 0 Å². The molecule has 0 aliphatic carbocycles. The van der Waals surface area contributed by atoms with Crippen LogP contribution >= 0.6 is 0 Å². The number of hydrogen-bond acceptors (Lipinski definition) is 6. The molecule has 0 aromatic rings. The molecular weight excluding hydrogens is 805 g/mol. The van der Waals surface area contributed by atoms with E-state index in [0.717, 1.165) is 116 Å². The maximum Gasteiger partial charge on any atom is 0.306 e. The third-order valence-electron chi connectivity index (χ3n) is 12.0. The van der Waals surface area contributed by atoms with Crippen molar-refractivity contribution in [3.05, 3.63) is 60.8 Å². The van der Waals surface area contributed by atoms with Gasteiger partial charge in [0.2, 0.25) is 0 Å². The molecule has 0 aliphatic rings. The monoisotopic (exact) mass is 909 g/mol. The average molecular weight is 909 g/mol. The number of esters is 3. The molecule has 65 heavy (non-hydrogen) atoms. The number of carbonyl (C=O) groups is 3. The van der Waals surface area contributed by atoms with E-state index < -0.39 is 6.10 Å². The van der Waals surface area contributed by atoms with Gasteiger partial charge in [-0.1, -0.05) is 242 Å². The van der Waals surface area contributed by atoms with Crippen LogP contribution in [0.1, 0.15) is 278 Å². The summed E-state index contributed by atoms with van der Waals surface area (Å²) >= 11 is 0. The predicted molar refractivity (Wildman–Crippen MR) is 279 cm³/mol. The van der Waals surface area contributed by atoms with Crippen molar-refractivity contribution in [2.24, 2.45) is 0 Å². The summed E-state index contributed by atoms with van der Waals surface area (Å²) in [6, 6.07) is 0. The van der Waals surface area contributed by atoms with Gasteiger partial charge in [-0.3, -0.25) is 14.4 Å². The average Bonchev–Trinajstić information content (AvgIpc) is 3.30. The van der Waals surface area contributed by atoms with Gasteiger partial charge in [0.05, 0.1) is 0 Å². The molecular formula is C59H104O6. The van der Waals surface area contributed by atoms with E-state index in [9.17, 15) is 14.4 Å². The minimum atomic E-state index is -0.787. The second-order valence-corrected chi connectivity index (χ2v) is 18.5. The molecule has 0 fully saturated rings. The van der Waals surface area contributed by atoms with E-state index >= 15 is 0 Å². The van der Waals surface area contributed by atoms with Crippen LogP contribution in [-0.4, -0.2) is 37.2 Å². The van der Waals surface area contributed by atoms with Crippen molar-refractivity contribution >= 4 is 17.9 Å². The first-order valence-corrected chi connectivity index (χ1v) is 27.8. The van der Waals surface area contributed by atoms with E-state index in [0.29, 0.717) is 19.3 Å². The fraction of sp³-hybridized carbons (Fsp3) is 0.780. The summed E-state index contributed by atoms with van der Waals surface area (Å²) < 4.78 is 16.8. The lowest BCUT2D eigenvalue weighted by Crippen LogP contribution is -2.30. The Morgan fingerprint density at radius 1 is 0.323 bits per heavy atom. The molecule has 1 atom stereocenters. The zero-order valence-corrected chi connectivity index (χ0v) is 43.0. The fourth-order valence-electron chi connectivity index (χ4n) is 7.83. The summed E-state index contributed by atoms with van der Waals surface area (Å²) in [5.41, 5.74) is 0. The van der Waals surface area contributed by atoms with Crippen LogP contribution in [0.2, 0.25) is 0 Å². The molecule has 0 heterocycles. The van der Waals surface area contributed by atoms with E-state index in [4.69, 9.17) is 14.2 Å². The van der Waals surface area contributed by atoms with Gasteiger partial charge in [0.15, 0.2) is 6.10 Å². The van der Waals surface area contributed by atoms with Gasteiger partial charge in [-0.15, -0.1) is 0 Å². The van der Waals surface area contributed by atoms with E-state index in [2.05, 4.69) is 81.5 Å². The Kier molecular flexibility index (Phi) is 51.3. The van der Waals surface area contributed by atoms with Gasteiger partial charge in [0.25, 0.3) is 0 Å². The van der Waals surface area contributed by atoms with Gasteiger partial charge in [-0.05, 0) is 77.0 Å². The largest absolute Gasteiger partial charge is 0.462 e. The lowest BCUT2D eigenvalue weighted by Gasteiger charge is -2.18. The number of ether oxygens (including phenoxy) is 3. The van der Waals surface area contributed by atoms with Crippen molar-refractivity contribution in [3.8, 4) is 0 Å². The molecule has 0 amide bonds. The molecule has 0 radical (unpaired) electrons. The van der Waals surface area contributed by atoms with Crippen molar-refractivity contribution in [1.29, 1.82) is 0 Å². The van der Waals surface area contributed by atoms with Crippen molar-refractivity contribution in [2.45, 2.75) is 284 Å². The number of rotatable bonds is 50. The highest BCUT2D eigenvalue weighted by atomic mass is 16.6. The van der Waals surface area contributed by atoms with Gasteiger partial charge in [-0.2, -0.15) is 0 Å². The Morgan fingerprint density at radius 3 is 0.985 bits per heavy atom. The molecule has 0 saturated heterocycles. The fourth-order valence-corrected chi connectivity index (χ4v) is 7.83. The van der Waals surface area contributed by atoms with Gasteiger partial charge in [0.1, 0.15) is 13.2 Å². The molecule has 0 unspecified atom stereocenters. The number of carbonyl (C=O) groups excluding carboxylic acids is 3. The normalized spacial score (nSPS) is 12.5. The third kappa shape index (κ3) is 51.9. The van der Waals surface area contributed by atoms with Crippen LogP contribution in [0.5, 0.6) is 0 Å². The molecule has 0 spiro atoms. The minimum absolute atomic E-state index is 0.0836. The Morgan fingerprint density at radius 2 is 0.615 bits per heavy atom. The second-order valence-electron chi connectivity index (χ2n) is 18.5. The SMILES string of the molecule is CC/C=C\C/C=C\C/C=C\CCCCCCCC(=O)O[C@H](COC(=O)CCCCCCC/C=C\C/C=C\CCCC)COC(=O)CCCCCCCCCCCCCCCCCCCC. The lowest BCUT2D eigenvalue weighted by atomic mass is 10.0. The Labute approximate surface area is 402 Å². The van der Waals surface area contributed by atoms with Gasteiger partial charge in [0, 0.05) is 19.3 Å². The van der Waals surface area contributed by atoms with Crippen LogP contribution < -0.4 is 0 Å². The first-order valence-electron chi connectivity index (χ1n) is 27.8. The molecule has 0 N–H and O–H groups in total. The highest BCUT2D eigenvalue weighted by molar-refractivity contribution is 5.71. The van der Waals surface area contributed by atoms with Crippen LogP contribution in [-0.2, 0) is 28.6 Å². The van der Waals surface area contributed by atoms with E-state index in [-0.39, 0.29) is 31.1 Å². The second kappa shape index (κ2) is 53.7. The zero-order valence-electron chi connectivity index (χ0n) is 43.0. The Bertz CT molecular complexity index is 1180. The standard InChI is InChI=1S/C59H104O6/c1-4-7-10-13-16-19-22-25-28-29-30-32-34-37-40-43-46-49-52-58(61)64-55-56(54-63-57(60)51-48-45-42-39-36-33-27-24-21-18-15-12-9-6-3)65-59(62)53-50-47-44-41-38-35-31-26-23-20-17-14-11-8-5-2/h8,11,15,17-18,20,24,26-27,31,56H,4-7,9-10,12-14,16,19,21-23,25,28-30,32-55H2,1-3H3/b11-8-,18-15-,20-17-,27-24-,31-26-/t56-/m1/s1. The molecule has 6 heteroatoms. The summed E-state index contributed by atoms with van der Waals surface area (Å²) in [6.07, 6.45) is 66.3. The summed E-state index contributed by atoms with van der Waals surface area (Å²) in [5.74, 6) is -0.906.